The first-order valence-corrected chi connectivity index (χ1v) is 3.06. The van der Waals surface area contributed by atoms with Gasteiger partial charge in [0.2, 0.25) is 0 Å². The average molecular weight is 100 g/mol. The topological polar surface area (TPSA) is 23.8 Å². The molecule has 7 heavy (non-hydrogen) atoms. The first kappa shape index (κ1) is 6.96. The molecule has 0 aromatic rings. The van der Waals surface area contributed by atoms with Crippen LogP contribution >= 0.6 is 0 Å². The third-order valence-electron chi connectivity index (χ3n) is 1.03. The van der Waals surface area contributed by atoms with Crippen LogP contribution in [0.25, 0.3) is 0 Å². The van der Waals surface area contributed by atoms with Gasteiger partial charge in [-0.1, -0.05) is 26.2 Å². The molecule has 0 amide bonds. The molecule has 0 fully saturated rings. The molecule has 0 spiro atoms. The SMILES string of the molecule is CCCCCC[NH]. The fourth-order valence-electron chi connectivity index (χ4n) is 0.552. The summed E-state index contributed by atoms with van der Waals surface area (Å²) in [6, 6.07) is 0. The quantitative estimate of drug-likeness (QED) is 0.481. The van der Waals surface area contributed by atoms with Gasteiger partial charge in [0.15, 0.2) is 0 Å². The van der Waals surface area contributed by atoms with E-state index in [4.69, 9.17) is 5.73 Å². The van der Waals surface area contributed by atoms with Gasteiger partial charge in [0.1, 0.15) is 0 Å². The van der Waals surface area contributed by atoms with Gasteiger partial charge in [0.25, 0.3) is 0 Å². The molecular formula is C6H14N. The Morgan fingerprint density at radius 2 is 1.86 bits per heavy atom. The Labute approximate surface area is 45.9 Å². The van der Waals surface area contributed by atoms with E-state index in [9.17, 15) is 0 Å². The molecule has 0 aliphatic heterocycles. The summed E-state index contributed by atoms with van der Waals surface area (Å²) in [7, 11) is 0. The molecule has 0 bridgehead atoms. The molecule has 0 heterocycles. The lowest BCUT2D eigenvalue weighted by atomic mass is 10.2. The van der Waals surface area contributed by atoms with Crippen molar-refractivity contribution in [3.63, 3.8) is 0 Å². The van der Waals surface area contributed by atoms with Gasteiger partial charge < -0.3 is 0 Å². The second-order valence-electron chi connectivity index (χ2n) is 1.81. The minimum absolute atomic E-state index is 0.611. The summed E-state index contributed by atoms with van der Waals surface area (Å²) in [6.45, 7) is 2.80. The van der Waals surface area contributed by atoms with Gasteiger partial charge in [-0.15, -0.1) is 0 Å². The highest BCUT2D eigenvalue weighted by Gasteiger charge is 1.80. The minimum atomic E-state index is 0.611. The highest BCUT2D eigenvalue weighted by atomic mass is 14.5. The summed E-state index contributed by atoms with van der Waals surface area (Å²) in [5.41, 5.74) is 6.78. The molecule has 0 unspecified atom stereocenters. The summed E-state index contributed by atoms with van der Waals surface area (Å²) in [6.07, 6.45) is 4.92. The summed E-state index contributed by atoms with van der Waals surface area (Å²) < 4.78 is 0. The average Bonchev–Trinajstić information content (AvgIpc) is 1.69. The van der Waals surface area contributed by atoms with Crippen molar-refractivity contribution < 1.29 is 0 Å². The molecule has 0 aromatic heterocycles. The minimum Gasteiger partial charge on any atom is -0.258 e. The van der Waals surface area contributed by atoms with Crippen LogP contribution in [0, 0.1) is 0 Å². The standard InChI is InChI=1S/C6H14N/c1-2-3-4-5-6-7/h7H,2-6H2,1H3. The Hall–Kier alpha value is -0.0400. The van der Waals surface area contributed by atoms with E-state index in [1.54, 1.807) is 0 Å². The van der Waals surface area contributed by atoms with Crippen molar-refractivity contribution >= 4 is 0 Å². The van der Waals surface area contributed by atoms with Gasteiger partial charge in [-0.25, -0.2) is 0 Å². The molecule has 0 aliphatic carbocycles. The van der Waals surface area contributed by atoms with Crippen molar-refractivity contribution in [3.05, 3.63) is 0 Å². The fraction of sp³-hybridized carbons (Fsp3) is 1.00. The summed E-state index contributed by atoms with van der Waals surface area (Å²) in [5.74, 6) is 0. The third kappa shape index (κ3) is 5.96. The van der Waals surface area contributed by atoms with Crippen LogP contribution in [0.15, 0.2) is 0 Å². The summed E-state index contributed by atoms with van der Waals surface area (Å²) in [5, 5.41) is 0. The monoisotopic (exact) mass is 100 g/mol. The zero-order valence-corrected chi connectivity index (χ0v) is 5.04. The number of rotatable bonds is 4. The Bertz CT molecular complexity index is 23.4. The molecular weight excluding hydrogens is 86.1 g/mol. The molecule has 0 aromatic carbocycles. The van der Waals surface area contributed by atoms with E-state index >= 15 is 0 Å². The second kappa shape index (κ2) is 5.96. The lowest BCUT2D eigenvalue weighted by Gasteiger charge is -1.90. The van der Waals surface area contributed by atoms with Crippen molar-refractivity contribution in [2.75, 3.05) is 6.54 Å². The Kier molecular flexibility index (Phi) is 5.93. The van der Waals surface area contributed by atoms with Gasteiger partial charge in [-0.2, -0.15) is 0 Å². The predicted octanol–water partition coefficient (Wildman–Crippen LogP) is 1.85. The number of hydrogen-bond donors (Lipinski definition) is 0. The molecule has 0 saturated heterocycles. The van der Waals surface area contributed by atoms with E-state index in [-0.39, 0.29) is 0 Å². The maximum Gasteiger partial charge on any atom is 0.00997 e. The zero-order chi connectivity index (χ0) is 5.54. The molecule has 43 valence electrons. The van der Waals surface area contributed by atoms with Crippen LogP contribution in [-0.4, -0.2) is 6.54 Å². The van der Waals surface area contributed by atoms with Crippen LogP contribution in [0.3, 0.4) is 0 Å². The fourth-order valence-corrected chi connectivity index (χ4v) is 0.552. The van der Waals surface area contributed by atoms with Gasteiger partial charge in [-0.3, -0.25) is 5.73 Å². The van der Waals surface area contributed by atoms with Crippen LogP contribution in [0.5, 0.6) is 0 Å². The van der Waals surface area contributed by atoms with Crippen LogP contribution in [0.2, 0.25) is 0 Å². The molecule has 1 nitrogen and oxygen atoms in total. The van der Waals surface area contributed by atoms with Gasteiger partial charge >= 0.3 is 0 Å². The molecule has 1 radical (unpaired) electrons. The van der Waals surface area contributed by atoms with Crippen LogP contribution in [-0.2, 0) is 0 Å². The Balaban J connectivity index is 2.45. The second-order valence-corrected chi connectivity index (χ2v) is 1.81. The molecule has 0 saturated carbocycles. The summed E-state index contributed by atoms with van der Waals surface area (Å²) >= 11 is 0. The number of unbranched alkanes of at least 4 members (excludes halogenated alkanes) is 3. The molecule has 0 rings (SSSR count). The van der Waals surface area contributed by atoms with Crippen molar-refractivity contribution in [2.45, 2.75) is 32.6 Å². The third-order valence-corrected chi connectivity index (χ3v) is 1.03. The normalized spacial score (nSPS) is 9.43. The highest BCUT2D eigenvalue weighted by molar-refractivity contribution is 4.38. The van der Waals surface area contributed by atoms with Crippen molar-refractivity contribution in [1.29, 1.82) is 0 Å². The molecule has 1 N–H and O–H groups in total. The molecule has 1 heteroatoms. The Morgan fingerprint density at radius 3 is 2.29 bits per heavy atom. The number of nitrogens with one attached hydrogen (secondary N) is 1. The maximum absolute atomic E-state index is 6.78. The predicted molar refractivity (Wildman–Crippen MR) is 32.1 cm³/mol. The van der Waals surface area contributed by atoms with Gasteiger partial charge in [-0.05, 0) is 6.42 Å². The van der Waals surface area contributed by atoms with E-state index in [1.165, 1.54) is 19.3 Å². The Morgan fingerprint density at radius 1 is 1.14 bits per heavy atom. The smallest absolute Gasteiger partial charge is 0.00997 e. The van der Waals surface area contributed by atoms with Crippen molar-refractivity contribution in [1.82, 2.24) is 5.73 Å². The van der Waals surface area contributed by atoms with Crippen LogP contribution in [0.4, 0.5) is 0 Å². The van der Waals surface area contributed by atoms with E-state index < -0.39 is 0 Å². The van der Waals surface area contributed by atoms with Crippen LogP contribution < -0.4 is 5.73 Å². The molecule has 0 atom stereocenters. The first-order chi connectivity index (χ1) is 3.41. The van der Waals surface area contributed by atoms with Crippen molar-refractivity contribution in [3.8, 4) is 0 Å². The zero-order valence-electron chi connectivity index (χ0n) is 5.04. The largest absolute Gasteiger partial charge is 0.258 e. The highest BCUT2D eigenvalue weighted by Crippen LogP contribution is 1.95. The summed E-state index contributed by atoms with van der Waals surface area (Å²) in [4.78, 5) is 0. The van der Waals surface area contributed by atoms with Crippen LogP contribution in [0.1, 0.15) is 32.6 Å². The van der Waals surface area contributed by atoms with E-state index in [0.717, 1.165) is 6.42 Å². The van der Waals surface area contributed by atoms with E-state index in [2.05, 4.69) is 6.92 Å². The molecule has 0 aliphatic rings. The van der Waals surface area contributed by atoms with Crippen molar-refractivity contribution in [2.24, 2.45) is 0 Å². The lowest BCUT2D eigenvalue weighted by molar-refractivity contribution is 0.669. The van der Waals surface area contributed by atoms with E-state index in [0.29, 0.717) is 6.54 Å². The first-order valence-electron chi connectivity index (χ1n) is 3.06. The van der Waals surface area contributed by atoms with Gasteiger partial charge in [0.05, 0.1) is 0 Å². The van der Waals surface area contributed by atoms with Gasteiger partial charge in [0, 0.05) is 6.54 Å². The lowest BCUT2D eigenvalue weighted by Crippen LogP contribution is -1.83. The number of hydrogen-bond acceptors (Lipinski definition) is 0. The van der Waals surface area contributed by atoms with E-state index in [1.807, 2.05) is 0 Å². The maximum atomic E-state index is 6.78.